The Kier molecular flexibility index (Phi) is 5.75. The Hall–Kier alpha value is -3.78. The van der Waals surface area contributed by atoms with Crippen LogP contribution in [-0.2, 0) is 24.3 Å². The van der Waals surface area contributed by atoms with Gasteiger partial charge in [0.25, 0.3) is 11.5 Å². The lowest BCUT2D eigenvalue weighted by Gasteiger charge is -2.28. The number of amides is 2. The summed E-state index contributed by atoms with van der Waals surface area (Å²) in [6.45, 7) is 4.71. The van der Waals surface area contributed by atoms with E-state index in [0.29, 0.717) is 41.0 Å². The Morgan fingerprint density at radius 2 is 1.85 bits per heavy atom. The number of carbonyl (C=O) groups excluding carboxylic acids is 2. The van der Waals surface area contributed by atoms with E-state index in [1.165, 1.54) is 15.1 Å². The Bertz CT molecular complexity index is 1490. The molecule has 0 unspecified atom stereocenters. The topological polar surface area (TPSA) is 84.3 Å². The van der Waals surface area contributed by atoms with Crippen molar-refractivity contribution in [2.24, 2.45) is 0 Å². The lowest BCUT2D eigenvalue weighted by atomic mass is 10.0. The molecule has 0 aliphatic carbocycles. The predicted molar refractivity (Wildman–Crippen MR) is 133 cm³/mol. The van der Waals surface area contributed by atoms with Gasteiger partial charge in [-0.05, 0) is 61.0 Å². The number of nitrogens with zero attached hydrogens (tertiary/aromatic N) is 3. The normalized spacial score (nSPS) is 13.1. The van der Waals surface area contributed by atoms with Crippen molar-refractivity contribution in [1.82, 2.24) is 14.7 Å². The van der Waals surface area contributed by atoms with Gasteiger partial charge in [-0.2, -0.15) is 5.10 Å². The molecule has 34 heavy (non-hydrogen) atoms. The quantitative estimate of drug-likeness (QED) is 0.488. The predicted octanol–water partition coefficient (Wildman–Crippen LogP) is 3.91. The summed E-state index contributed by atoms with van der Waals surface area (Å²) in [5.41, 5.74) is 3.39. The molecule has 5 rings (SSSR count). The summed E-state index contributed by atoms with van der Waals surface area (Å²) in [6, 6.07) is 14.6. The van der Waals surface area contributed by atoms with Crippen LogP contribution < -0.4 is 10.9 Å². The number of aromatic nitrogens is 2. The van der Waals surface area contributed by atoms with Gasteiger partial charge >= 0.3 is 0 Å². The molecule has 1 aliphatic rings. The van der Waals surface area contributed by atoms with Gasteiger partial charge in [0.2, 0.25) is 5.91 Å². The van der Waals surface area contributed by atoms with Crippen LogP contribution in [0.2, 0.25) is 0 Å². The lowest BCUT2D eigenvalue weighted by Crippen LogP contribution is -2.35. The molecule has 0 fully saturated rings. The lowest BCUT2D eigenvalue weighted by molar-refractivity contribution is -0.117. The minimum absolute atomic E-state index is 0.0477. The minimum atomic E-state index is -0.377. The number of rotatable bonds is 4. The zero-order valence-corrected chi connectivity index (χ0v) is 19.8. The molecule has 1 aliphatic heterocycles. The van der Waals surface area contributed by atoms with E-state index in [1.807, 2.05) is 30.9 Å². The molecule has 2 aromatic heterocycles. The van der Waals surface area contributed by atoms with Gasteiger partial charge in [0.15, 0.2) is 0 Å². The van der Waals surface area contributed by atoms with Gasteiger partial charge in [0, 0.05) is 34.6 Å². The molecule has 0 spiro atoms. The fourth-order valence-corrected chi connectivity index (χ4v) is 5.32. The highest BCUT2D eigenvalue weighted by atomic mass is 32.1. The summed E-state index contributed by atoms with van der Waals surface area (Å²) >= 11 is 1.74. The van der Waals surface area contributed by atoms with Crippen molar-refractivity contribution >= 4 is 39.6 Å². The SMILES string of the molecule is Cc1c(NC(=O)Cn2nc(C)c3ccccc3c2=O)cccc1C(=O)N1CCc2sccc2C1. The van der Waals surface area contributed by atoms with Crippen LogP contribution in [-0.4, -0.2) is 33.0 Å². The number of aryl methyl sites for hydroxylation is 1. The van der Waals surface area contributed by atoms with Gasteiger partial charge in [0.05, 0.1) is 11.1 Å². The van der Waals surface area contributed by atoms with E-state index in [2.05, 4.69) is 21.9 Å². The van der Waals surface area contributed by atoms with Crippen molar-refractivity contribution in [1.29, 1.82) is 0 Å². The average molecular weight is 473 g/mol. The molecule has 0 atom stereocenters. The molecule has 4 aromatic rings. The van der Waals surface area contributed by atoms with Crippen molar-refractivity contribution < 1.29 is 9.59 Å². The van der Waals surface area contributed by atoms with Crippen molar-refractivity contribution in [2.75, 3.05) is 11.9 Å². The molecule has 0 bridgehead atoms. The summed E-state index contributed by atoms with van der Waals surface area (Å²) in [5, 5.41) is 10.5. The third kappa shape index (κ3) is 4.01. The molecule has 1 N–H and O–H groups in total. The summed E-state index contributed by atoms with van der Waals surface area (Å²) < 4.78 is 1.18. The third-order valence-corrected chi connectivity index (χ3v) is 7.30. The van der Waals surface area contributed by atoms with E-state index in [-0.39, 0.29) is 23.9 Å². The molecule has 0 saturated heterocycles. The van der Waals surface area contributed by atoms with Crippen molar-refractivity contribution in [3.63, 3.8) is 0 Å². The molecule has 8 heteroatoms. The average Bonchev–Trinajstić information content (AvgIpc) is 3.31. The fraction of sp³-hybridized carbons (Fsp3) is 0.231. The van der Waals surface area contributed by atoms with E-state index >= 15 is 0 Å². The van der Waals surface area contributed by atoms with Crippen LogP contribution >= 0.6 is 11.3 Å². The van der Waals surface area contributed by atoms with Gasteiger partial charge in [0.1, 0.15) is 6.54 Å². The van der Waals surface area contributed by atoms with Crippen LogP contribution in [0.15, 0.2) is 58.7 Å². The highest BCUT2D eigenvalue weighted by Crippen LogP contribution is 2.27. The van der Waals surface area contributed by atoms with Crippen molar-refractivity contribution in [2.45, 2.75) is 33.4 Å². The number of hydrogen-bond donors (Lipinski definition) is 1. The van der Waals surface area contributed by atoms with Gasteiger partial charge in [-0.25, -0.2) is 4.68 Å². The first kappa shape index (κ1) is 22.0. The molecule has 3 heterocycles. The fourth-order valence-electron chi connectivity index (χ4n) is 4.43. The zero-order valence-electron chi connectivity index (χ0n) is 19.0. The Morgan fingerprint density at radius 3 is 2.68 bits per heavy atom. The molecule has 172 valence electrons. The number of nitrogens with one attached hydrogen (secondary N) is 1. The van der Waals surface area contributed by atoms with Gasteiger partial charge < -0.3 is 10.2 Å². The summed E-state index contributed by atoms with van der Waals surface area (Å²) in [4.78, 5) is 42.1. The molecule has 2 aromatic carbocycles. The maximum atomic E-state index is 13.2. The van der Waals surface area contributed by atoms with Crippen molar-refractivity contribution in [3.8, 4) is 0 Å². The largest absolute Gasteiger partial charge is 0.334 e. The molecule has 7 nitrogen and oxygen atoms in total. The van der Waals surface area contributed by atoms with Crippen LogP contribution in [0.1, 0.15) is 32.1 Å². The summed E-state index contributed by atoms with van der Waals surface area (Å²) in [5.74, 6) is -0.425. The molecular weight excluding hydrogens is 448 g/mol. The van der Waals surface area contributed by atoms with E-state index in [1.54, 1.807) is 41.7 Å². The number of benzene rings is 2. The Labute approximate surface area is 200 Å². The van der Waals surface area contributed by atoms with E-state index in [0.717, 1.165) is 11.8 Å². The highest BCUT2D eigenvalue weighted by Gasteiger charge is 2.24. The molecular formula is C26H24N4O3S. The monoisotopic (exact) mass is 472 g/mol. The second-order valence-electron chi connectivity index (χ2n) is 8.47. The smallest absolute Gasteiger partial charge is 0.275 e. The second kappa shape index (κ2) is 8.87. The standard InChI is InChI=1S/C26H24N4O3S/c1-16-19(25(32)29-12-10-23-18(14-29)11-13-34-23)8-5-9-22(16)27-24(31)15-30-26(33)21-7-4-3-6-20(21)17(2)28-30/h3-9,11,13H,10,12,14-15H2,1-2H3,(H,27,31). The van der Waals surface area contributed by atoms with Gasteiger partial charge in [-0.3, -0.25) is 14.4 Å². The number of anilines is 1. The summed E-state index contributed by atoms with van der Waals surface area (Å²) in [6.07, 6.45) is 0.862. The summed E-state index contributed by atoms with van der Waals surface area (Å²) in [7, 11) is 0. The minimum Gasteiger partial charge on any atom is -0.334 e. The highest BCUT2D eigenvalue weighted by molar-refractivity contribution is 7.10. The molecule has 0 saturated carbocycles. The van der Waals surface area contributed by atoms with E-state index in [9.17, 15) is 14.4 Å². The number of fused-ring (bicyclic) bond motifs is 2. The number of carbonyl (C=O) groups is 2. The van der Waals surface area contributed by atoms with Crippen LogP contribution in [0, 0.1) is 13.8 Å². The van der Waals surface area contributed by atoms with Gasteiger partial charge in [-0.1, -0.05) is 24.3 Å². The van der Waals surface area contributed by atoms with E-state index in [4.69, 9.17) is 0 Å². The van der Waals surface area contributed by atoms with Crippen LogP contribution in [0.25, 0.3) is 10.8 Å². The maximum absolute atomic E-state index is 13.2. The first-order chi connectivity index (χ1) is 16.4. The first-order valence-electron chi connectivity index (χ1n) is 11.1. The second-order valence-corrected chi connectivity index (χ2v) is 9.47. The van der Waals surface area contributed by atoms with E-state index < -0.39 is 0 Å². The maximum Gasteiger partial charge on any atom is 0.275 e. The zero-order chi connectivity index (χ0) is 23.8. The Balaban J connectivity index is 1.35. The first-order valence-corrected chi connectivity index (χ1v) is 12.0. The van der Waals surface area contributed by atoms with Crippen LogP contribution in [0.3, 0.4) is 0 Å². The van der Waals surface area contributed by atoms with Crippen LogP contribution in [0.4, 0.5) is 5.69 Å². The van der Waals surface area contributed by atoms with Crippen LogP contribution in [0.5, 0.6) is 0 Å². The Morgan fingerprint density at radius 1 is 1.06 bits per heavy atom. The van der Waals surface area contributed by atoms with Crippen molar-refractivity contribution in [3.05, 3.63) is 91.5 Å². The molecule has 2 amide bonds. The van der Waals surface area contributed by atoms with Gasteiger partial charge in [-0.15, -0.1) is 11.3 Å². The third-order valence-electron chi connectivity index (χ3n) is 6.28. The number of thiophene rings is 1. The molecule has 0 radical (unpaired) electrons. The number of hydrogen-bond acceptors (Lipinski definition) is 5.